The summed E-state index contributed by atoms with van der Waals surface area (Å²) < 4.78 is 1.00. The minimum absolute atomic E-state index is 0.0723. The Morgan fingerprint density at radius 3 is 2.77 bits per heavy atom. The average Bonchev–Trinajstić information content (AvgIpc) is 2.54. The summed E-state index contributed by atoms with van der Waals surface area (Å²) in [6.07, 6.45) is 1.73. The van der Waals surface area contributed by atoms with E-state index in [1.807, 2.05) is 61.5 Å². The lowest BCUT2D eigenvalue weighted by atomic mass is 10.1. The number of carbonyl (C=O) groups is 1. The molecule has 0 aliphatic carbocycles. The van der Waals surface area contributed by atoms with E-state index in [-0.39, 0.29) is 11.9 Å². The molecule has 0 aliphatic rings. The van der Waals surface area contributed by atoms with Gasteiger partial charge in [0.1, 0.15) is 0 Å². The Balaban J connectivity index is 1.87. The number of fused-ring (bicyclic) bond motifs is 1. The van der Waals surface area contributed by atoms with E-state index >= 15 is 0 Å². The first kappa shape index (κ1) is 14.7. The van der Waals surface area contributed by atoms with Gasteiger partial charge in [-0.05, 0) is 42.8 Å². The molecule has 0 radical (unpaired) electrons. The van der Waals surface area contributed by atoms with Gasteiger partial charge in [0.15, 0.2) is 0 Å². The molecule has 3 aromatic rings. The van der Waals surface area contributed by atoms with Crippen molar-refractivity contribution in [3.05, 3.63) is 76.4 Å². The highest BCUT2D eigenvalue weighted by Crippen LogP contribution is 2.20. The monoisotopic (exact) mass is 354 g/mol. The van der Waals surface area contributed by atoms with Crippen molar-refractivity contribution in [3.8, 4) is 0 Å². The predicted octanol–water partition coefficient (Wildman–Crippen LogP) is 4.49. The lowest BCUT2D eigenvalue weighted by molar-refractivity contribution is 0.0941. The van der Waals surface area contributed by atoms with Gasteiger partial charge in [-0.15, -0.1) is 0 Å². The number of benzene rings is 2. The third kappa shape index (κ3) is 3.02. The normalized spacial score (nSPS) is 12.1. The number of carbonyl (C=O) groups excluding carboxylic acids is 1. The van der Waals surface area contributed by atoms with Gasteiger partial charge in [0.05, 0.1) is 11.6 Å². The molecule has 22 heavy (non-hydrogen) atoms. The highest BCUT2D eigenvalue weighted by atomic mass is 79.9. The van der Waals surface area contributed by atoms with Crippen LogP contribution < -0.4 is 5.32 Å². The van der Waals surface area contributed by atoms with E-state index in [1.165, 1.54) is 0 Å². The molecule has 4 heteroatoms. The van der Waals surface area contributed by atoms with Crippen LogP contribution in [0.2, 0.25) is 0 Å². The lowest BCUT2D eigenvalue weighted by Crippen LogP contribution is -2.26. The molecule has 1 N–H and O–H groups in total. The van der Waals surface area contributed by atoms with E-state index in [9.17, 15) is 4.79 Å². The summed E-state index contributed by atoms with van der Waals surface area (Å²) in [6, 6.07) is 17.2. The second-order valence-corrected chi connectivity index (χ2v) is 6.04. The molecule has 2 aromatic carbocycles. The van der Waals surface area contributed by atoms with Crippen molar-refractivity contribution in [1.82, 2.24) is 10.3 Å². The Bertz CT molecular complexity index is 827. The molecule has 0 fully saturated rings. The average molecular weight is 355 g/mol. The fourth-order valence-electron chi connectivity index (χ4n) is 2.44. The first-order chi connectivity index (χ1) is 10.6. The summed E-state index contributed by atoms with van der Waals surface area (Å²) in [5.41, 5.74) is 2.53. The third-order valence-corrected chi connectivity index (χ3v) is 4.08. The fraction of sp³-hybridized carbons (Fsp3) is 0.111. The first-order valence-corrected chi connectivity index (χ1v) is 7.84. The van der Waals surface area contributed by atoms with Crippen LogP contribution in [0.15, 0.2) is 65.3 Å². The second-order valence-electron chi connectivity index (χ2n) is 5.13. The summed E-state index contributed by atoms with van der Waals surface area (Å²) in [6.45, 7) is 1.98. The van der Waals surface area contributed by atoms with Gasteiger partial charge in [0.2, 0.25) is 0 Å². The summed E-state index contributed by atoms with van der Waals surface area (Å²) >= 11 is 3.45. The van der Waals surface area contributed by atoms with E-state index in [4.69, 9.17) is 0 Å². The Hall–Kier alpha value is -2.20. The summed E-state index contributed by atoms with van der Waals surface area (Å²) in [7, 11) is 0. The van der Waals surface area contributed by atoms with E-state index in [1.54, 1.807) is 6.20 Å². The van der Waals surface area contributed by atoms with Crippen LogP contribution in [0, 0.1) is 0 Å². The van der Waals surface area contributed by atoms with Crippen molar-refractivity contribution in [1.29, 1.82) is 0 Å². The van der Waals surface area contributed by atoms with Gasteiger partial charge in [-0.2, -0.15) is 0 Å². The quantitative estimate of drug-likeness (QED) is 0.752. The highest BCUT2D eigenvalue weighted by molar-refractivity contribution is 9.10. The fourth-order valence-corrected chi connectivity index (χ4v) is 2.85. The number of pyridine rings is 1. The Morgan fingerprint density at radius 1 is 1.14 bits per heavy atom. The maximum atomic E-state index is 12.6. The molecule has 1 amide bonds. The van der Waals surface area contributed by atoms with E-state index in [0.717, 1.165) is 20.9 Å². The zero-order chi connectivity index (χ0) is 15.5. The van der Waals surface area contributed by atoms with E-state index < -0.39 is 0 Å². The summed E-state index contributed by atoms with van der Waals surface area (Å²) in [5.74, 6) is -0.0916. The Kier molecular flexibility index (Phi) is 4.20. The molecule has 1 aromatic heterocycles. The van der Waals surface area contributed by atoms with Gasteiger partial charge in [-0.3, -0.25) is 9.78 Å². The number of hydrogen-bond donors (Lipinski definition) is 1. The molecule has 110 valence electrons. The molecular formula is C18H15BrN2O. The second kappa shape index (κ2) is 6.28. The molecule has 3 nitrogen and oxygen atoms in total. The Labute approximate surface area is 137 Å². The van der Waals surface area contributed by atoms with Crippen LogP contribution in [0.1, 0.15) is 28.9 Å². The minimum atomic E-state index is -0.0916. The zero-order valence-electron chi connectivity index (χ0n) is 12.1. The molecule has 1 heterocycles. The van der Waals surface area contributed by atoms with E-state index in [0.29, 0.717) is 5.56 Å². The van der Waals surface area contributed by atoms with Gasteiger partial charge in [0, 0.05) is 21.6 Å². The number of nitrogens with one attached hydrogen (secondary N) is 1. The van der Waals surface area contributed by atoms with Crippen molar-refractivity contribution >= 4 is 32.7 Å². The SMILES string of the molecule is CC(NC(=O)c1cccc2ncccc12)c1cccc(Br)c1. The van der Waals surface area contributed by atoms with Gasteiger partial charge in [-0.1, -0.05) is 40.2 Å². The van der Waals surface area contributed by atoms with Crippen molar-refractivity contribution in [3.63, 3.8) is 0 Å². The molecule has 0 saturated carbocycles. The number of amides is 1. The predicted molar refractivity (Wildman–Crippen MR) is 91.8 cm³/mol. The van der Waals surface area contributed by atoms with Gasteiger partial charge in [-0.25, -0.2) is 0 Å². The zero-order valence-corrected chi connectivity index (χ0v) is 13.7. The lowest BCUT2D eigenvalue weighted by Gasteiger charge is -2.15. The number of rotatable bonds is 3. The molecule has 3 rings (SSSR count). The van der Waals surface area contributed by atoms with Crippen LogP contribution in [0.4, 0.5) is 0 Å². The Morgan fingerprint density at radius 2 is 1.95 bits per heavy atom. The maximum Gasteiger partial charge on any atom is 0.252 e. The van der Waals surface area contributed by atoms with Crippen LogP contribution in [-0.4, -0.2) is 10.9 Å². The van der Waals surface area contributed by atoms with Crippen LogP contribution in [0.25, 0.3) is 10.9 Å². The van der Waals surface area contributed by atoms with Crippen molar-refractivity contribution in [2.75, 3.05) is 0 Å². The molecule has 0 aliphatic heterocycles. The molecule has 0 saturated heterocycles. The smallest absolute Gasteiger partial charge is 0.252 e. The van der Waals surface area contributed by atoms with Gasteiger partial charge >= 0.3 is 0 Å². The summed E-state index contributed by atoms with van der Waals surface area (Å²) in [5, 5.41) is 3.91. The maximum absolute atomic E-state index is 12.6. The van der Waals surface area contributed by atoms with Gasteiger partial charge in [0.25, 0.3) is 5.91 Å². The molecule has 0 bridgehead atoms. The number of nitrogens with zero attached hydrogens (tertiary/aromatic N) is 1. The van der Waals surface area contributed by atoms with Crippen LogP contribution >= 0.6 is 15.9 Å². The van der Waals surface area contributed by atoms with Crippen molar-refractivity contribution < 1.29 is 4.79 Å². The first-order valence-electron chi connectivity index (χ1n) is 7.05. The topological polar surface area (TPSA) is 42.0 Å². The van der Waals surface area contributed by atoms with Crippen LogP contribution in [0.5, 0.6) is 0 Å². The number of hydrogen-bond acceptors (Lipinski definition) is 2. The van der Waals surface area contributed by atoms with Gasteiger partial charge < -0.3 is 5.32 Å². The van der Waals surface area contributed by atoms with E-state index in [2.05, 4.69) is 26.2 Å². The largest absolute Gasteiger partial charge is 0.345 e. The standard InChI is InChI=1S/C18H15BrN2O/c1-12(13-5-2-6-14(19)11-13)21-18(22)16-7-3-9-17-15(16)8-4-10-20-17/h2-12H,1H3,(H,21,22). The highest BCUT2D eigenvalue weighted by Gasteiger charge is 2.14. The van der Waals surface area contributed by atoms with Crippen molar-refractivity contribution in [2.24, 2.45) is 0 Å². The van der Waals surface area contributed by atoms with Crippen molar-refractivity contribution in [2.45, 2.75) is 13.0 Å². The molecule has 0 spiro atoms. The molecular weight excluding hydrogens is 340 g/mol. The number of aromatic nitrogens is 1. The number of halogens is 1. The van der Waals surface area contributed by atoms with Crippen LogP contribution in [0.3, 0.4) is 0 Å². The minimum Gasteiger partial charge on any atom is -0.345 e. The summed E-state index contributed by atoms with van der Waals surface area (Å²) in [4.78, 5) is 16.9. The molecule has 1 atom stereocenters. The third-order valence-electron chi connectivity index (χ3n) is 3.59. The molecule has 1 unspecified atom stereocenters. The van der Waals surface area contributed by atoms with Crippen LogP contribution in [-0.2, 0) is 0 Å².